The van der Waals surface area contributed by atoms with E-state index < -0.39 is 0 Å². The van der Waals surface area contributed by atoms with Crippen molar-refractivity contribution in [1.82, 2.24) is 20.4 Å². The summed E-state index contributed by atoms with van der Waals surface area (Å²) in [7, 11) is 4.14. The molecule has 0 aromatic heterocycles. The Hall–Kier alpha value is -1.92. The van der Waals surface area contributed by atoms with Crippen LogP contribution in [-0.2, 0) is 0 Å². The van der Waals surface area contributed by atoms with Crippen LogP contribution in [0.4, 0.5) is 0 Å². The maximum absolute atomic E-state index is 12.6. The molecule has 0 radical (unpaired) electrons. The SMILES string of the molecule is CCCCCN(C)CCNC(=O)c1ccccc1C(=O)NCCN(C)CCCCC. The molecule has 0 aliphatic rings. The van der Waals surface area contributed by atoms with E-state index >= 15 is 0 Å². The molecule has 0 spiro atoms. The summed E-state index contributed by atoms with van der Waals surface area (Å²) in [6.45, 7) is 9.20. The van der Waals surface area contributed by atoms with Crippen molar-refractivity contribution in [2.75, 3.05) is 53.4 Å². The Kier molecular flexibility index (Phi) is 13.8. The molecule has 170 valence electrons. The van der Waals surface area contributed by atoms with Gasteiger partial charge in [-0.2, -0.15) is 0 Å². The van der Waals surface area contributed by atoms with Crippen LogP contribution in [0.3, 0.4) is 0 Å². The van der Waals surface area contributed by atoms with E-state index in [4.69, 9.17) is 0 Å². The first-order valence-corrected chi connectivity index (χ1v) is 11.5. The molecule has 0 saturated carbocycles. The van der Waals surface area contributed by atoms with Gasteiger partial charge in [-0.3, -0.25) is 9.59 Å². The topological polar surface area (TPSA) is 64.7 Å². The van der Waals surface area contributed by atoms with Crippen molar-refractivity contribution >= 4 is 11.8 Å². The number of likely N-dealkylation sites (N-methyl/N-ethyl adjacent to an activating group) is 2. The number of unbranched alkanes of at least 4 members (excludes halogenated alkanes) is 4. The Labute approximate surface area is 183 Å². The molecule has 1 rings (SSSR count). The fourth-order valence-electron chi connectivity index (χ4n) is 3.28. The first-order chi connectivity index (χ1) is 14.5. The predicted molar refractivity (Wildman–Crippen MR) is 125 cm³/mol. The van der Waals surface area contributed by atoms with Crippen LogP contribution < -0.4 is 10.6 Å². The Balaban J connectivity index is 2.46. The van der Waals surface area contributed by atoms with Crippen LogP contribution in [0.15, 0.2) is 24.3 Å². The second-order valence-corrected chi connectivity index (χ2v) is 8.08. The van der Waals surface area contributed by atoms with Gasteiger partial charge in [0.2, 0.25) is 0 Å². The number of amides is 2. The summed E-state index contributed by atoms with van der Waals surface area (Å²) in [5.74, 6) is -0.390. The molecule has 30 heavy (non-hydrogen) atoms. The van der Waals surface area contributed by atoms with E-state index in [9.17, 15) is 9.59 Å². The largest absolute Gasteiger partial charge is 0.351 e. The maximum atomic E-state index is 12.6. The van der Waals surface area contributed by atoms with E-state index in [1.807, 2.05) is 0 Å². The van der Waals surface area contributed by atoms with Crippen molar-refractivity contribution in [2.45, 2.75) is 52.4 Å². The molecular weight excluding hydrogens is 376 g/mol. The third-order valence-electron chi connectivity index (χ3n) is 5.26. The monoisotopic (exact) mass is 418 g/mol. The van der Waals surface area contributed by atoms with Crippen LogP contribution in [0.1, 0.15) is 73.1 Å². The molecule has 0 fully saturated rings. The zero-order chi connectivity index (χ0) is 22.2. The summed E-state index contributed by atoms with van der Waals surface area (Å²) in [6.07, 6.45) is 7.23. The minimum absolute atomic E-state index is 0.195. The summed E-state index contributed by atoms with van der Waals surface area (Å²) >= 11 is 0. The van der Waals surface area contributed by atoms with Gasteiger partial charge in [0.1, 0.15) is 0 Å². The number of rotatable bonds is 16. The first-order valence-electron chi connectivity index (χ1n) is 11.5. The molecule has 2 amide bonds. The van der Waals surface area contributed by atoms with Crippen LogP contribution in [0.25, 0.3) is 0 Å². The van der Waals surface area contributed by atoms with Crippen LogP contribution >= 0.6 is 0 Å². The fourth-order valence-corrected chi connectivity index (χ4v) is 3.28. The molecule has 0 aliphatic carbocycles. The Bertz CT molecular complexity index is 568. The average Bonchev–Trinajstić information content (AvgIpc) is 2.74. The Morgan fingerprint density at radius 1 is 0.700 bits per heavy atom. The summed E-state index contributed by atoms with van der Waals surface area (Å²) in [4.78, 5) is 29.7. The summed E-state index contributed by atoms with van der Waals surface area (Å²) in [6, 6.07) is 7.02. The highest BCUT2D eigenvalue weighted by Crippen LogP contribution is 2.09. The molecule has 1 aromatic rings. The molecule has 2 N–H and O–H groups in total. The van der Waals surface area contributed by atoms with Crippen LogP contribution in [0, 0.1) is 0 Å². The molecule has 0 saturated heterocycles. The zero-order valence-corrected chi connectivity index (χ0v) is 19.5. The molecule has 0 unspecified atom stereocenters. The van der Waals surface area contributed by atoms with Gasteiger partial charge < -0.3 is 20.4 Å². The van der Waals surface area contributed by atoms with Gasteiger partial charge in [-0.25, -0.2) is 0 Å². The van der Waals surface area contributed by atoms with Crippen molar-refractivity contribution in [1.29, 1.82) is 0 Å². The van der Waals surface area contributed by atoms with Crippen molar-refractivity contribution in [3.05, 3.63) is 35.4 Å². The third-order valence-corrected chi connectivity index (χ3v) is 5.26. The smallest absolute Gasteiger partial charge is 0.252 e. The maximum Gasteiger partial charge on any atom is 0.252 e. The Morgan fingerprint density at radius 3 is 1.47 bits per heavy atom. The molecule has 0 aliphatic heterocycles. The highest BCUT2D eigenvalue weighted by Gasteiger charge is 2.16. The van der Waals surface area contributed by atoms with Gasteiger partial charge >= 0.3 is 0 Å². The zero-order valence-electron chi connectivity index (χ0n) is 19.5. The van der Waals surface area contributed by atoms with Gasteiger partial charge in [-0.15, -0.1) is 0 Å². The van der Waals surface area contributed by atoms with Crippen LogP contribution in [-0.4, -0.2) is 75.0 Å². The highest BCUT2D eigenvalue weighted by molar-refractivity contribution is 6.07. The lowest BCUT2D eigenvalue weighted by molar-refractivity contribution is 0.0915. The molecule has 0 bridgehead atoms. The lowest BCUT2D eigenvalue weighted by Gasteiger charge is -2.18. The van der Waals surface area contributed by atoms with Crippen molar-refractivity contribution < 1.29 is 9.59 Å². The number of carbonyl (C=O) groups is 2. The van der Waals surface area contributed by atoms with E-state index in [0.29, 0.717) is 24.2 Å². The standard InChI is InChI=1S/C24H42N4O2/c1-5-7-11-17-27(3)19-15-25-23(29)21-13-9-10-14-22(21)24(30)26-16-20-28(4)18-12-8-6-2/h9-10,13-14H,5-8,11-12,15-20H2,1-4H3,(H,25,29)(H,26,30). The molecular formula is C24H42N4O2. The second-order valence-electron chi connectivity index (χ2n) is 8.08. The lowest BCUT2D eigenvalue weighted by Crippen LogP contribution is -2.36. The number of nitrogens with zero attached hydrogens (tertiary/aromatic N) is 2. The number of carbonyl (C=O) groups excluding carboxylic acids is 2. The molecule has 6 heteroatoms. The fraction of sp³-hybridized carbons (Fsp3) is 0.667. The van der Waals surface area contributed by atoms with E-state index in [1.54, 1.807) is 24.3 Å². The quantitative estimate of drug-likeness (QED) is 0.404. The van der Waals surface area contributed by atoms with Gasteiger partial charge in [0.25, 0.3) is 11.8 Å². The van der Waals surface area contributed by atoms with Crippen LogP contribution in [0.2, 0.25) is 0 Å². The number of nitrogens with one attached hydrogen (secondary N) is 2. The van der Waals surface area contributed by atoms with Crippen molar-refractivity contribution in [2.24, 2.45) is 0 Å². The number of benzene rings is 1. The van der Waals surface area contributed by atoms with Gasteiger partial charge in [-0.1, -0.05) is 51.7 Å². The predicted octanol–water partition coefficient (Wildman–Crippen LogP) is 3.39. The van der Waals surface area contributed by atoms with Gasteiger partial charge in [-0.05, 0) is 52.2 Å². The minimum atomic E-state index is -0.195. The molecule has 0 heterocycles. The summed E-state index contributed by atoms with van der Waals surface area (Å²) in [5.41, 5.74) is 0.861. The van der Waals surface area contributed by atoms with Gasteiger partial charge in [0, 0.05) is 26.2 Å². The molecule has 6 nitrogen and oxygen atoms in total. The van der Waals surface area contributed by atoms with Gasteiger partial charge in [0.15, 0.2) is 0 Å². The van der Waals surface area contributed by atoms with E-state index in [2.05, 4.69) is 48.4 Å². The normalized spacial score (nSPS) is 11.1. The molecule has 0 atom stereocenters. The number of hydrogen-bond donors (Lipinski definition) is 2. The first kappa shape index (κ1) is 26.1. The third kappa shape index (κ3) is 10.7. The van der Waals surface area contributed by atoms with E-state index in [1.165, 1.54) is 38.5 Å². The average molecular weight is 419 g/mol. The number of hydrogen-bond acceptors (Lipinski definition) is 4. The Morgan fingerprint density at radius 2 is 1.10 bits per heavy atom. The second kappa shape index (κ2) is 15.9. The van der Waals surface area contributed by atoms with E-state index in [-0.39, 0.29) is 11.8 Å². The van der Waals surface area contributed by atoms with Crippen molar-refractivity contribution in [3.63, 3.8) is 0 Å². The van der Waals surface area contributed by atoms with Gasteiger partial charge in [0.05, 0.1) is 11.1 Å². The highest BCUT2D eigenvalue weighted by atomic mass is 16.2. The minimum Gasteiger partial charge on any atom is -0.351 e. The summed E-state index contributed by atoms with van der Waals surface area (Å²) in [5, 5.41) is 5.90. The van der Waals surface area contributed by atoms with Crippen molar-refractivity contribution in [3.8, 4) is 0 Å². The lowest BCUT2D eigenvalue weighted by atomic mass is 10.1. The van der Waals surface area contributed by atoms with Crippen LogP contribution in [0.5, 0.6) is 0 Å². The molecule has 1 aromatic carbocycles. The summed E-state index contributed by atoms with van der Waals surface area (Å²) < 4.78 is 0. The van der Waals surface area contributed by atoms with E-state index in [0.717, 1.165) is 26.2 Å².